The molecule has 0 aromatic heterocycles. The van der Waals surface area contributed by atoms with Crippen LogP contribution in [0.25, 0.3) is 0 Å². The van der Waals surface area contributed by atoms with E-state index < -0.39 is 26.6 Å². The molecule has 0 amide bonds. The van der Waals surface area contributed by atoms with Gasteiger partial charge in [0.2, 0.25) is 10.0 Å². The van der Waals surface area contributed by atoms with Crippen molar-refractivity contribution in [1.29, 1.82) is 5.26 Å². The molecule has 20 heavy (non-hydrogen) atoms. The summed E-state index contributed by atoms with van der Waals surface area (Å²) in [4.78, 5) is 9.88. The first kappa shape index (κ1) is 16.1. The van der Waals surface area contributed by atoms with E-state index in [0.717, 1.165) is 0 Å². The zero-order valence-corrected chi connectivity index (χ0v) is 12.2. The smallest absolute Gasteiger partial charge is 0.258 e. The van der Waals surface area contributed by atoms with Gasteiger partial charge in [0.15, 0.2) is 4.90 Å². The Morgan fingerprint density at radius 2 is 1.95 bits per heavy atom. The summed E-state index contributed by atoms with van der Waals surface area (Å²) >= 11 is 0. The summed E-state index contributed by atoms with van der Waals surface area (Å²) in [5, 5.41) is 19.6. The van der Waals surface area contributed by atoms with Crippen LogP contribution >= 0.6 is 0 Å². The molecular weight excluding hydrogens is 282 g/mol. The summed E-state index contributed by atoms with van der Waals surface area (Å²) in [6, 6.07) is 4.39. The van der Waals surface area contributed by atoms with Crippen LogP contribution in [0.1, 0.15) is 18.1 Å². The van der Waals surface area contributed by atoms with E-state index in [0.29, 0.717) is 11.1 Å². The predicted molar refractivity (Wildman–Crippen MR) is 72.5 cm³/mol. The van der Waals surface area contributed by atoms with Gasteiger partial charge in [-0.25, -0.2) is 13.1 Å². The molecule has 0 saturated carbocycles. The number of nitro benzene ring substituents is 1. The summed E-state index contributed by atoms with van der Waals surface area (Å²) in [7, 11) is -4.02. The van der Waals surface area contributed by atoms with E-state index in [4.69, 9.17) is 5.26 Å². The maximum atomic E-state index is 12.1. The highest BCUT2D eigenvalue weighted by molar-refractivity contribution is 7.89. The summed E-state index contributed by atoms with van der Waals surface area (Å²) in [6.45, 7) is 4.81. The van der Waals surface area contributed by atoms with Crippen molar-refractivity contribution in [3.63, 3.8) is 0 Å². The summed E-state index contributed by atoms with van der Waals surface area (Å²) in [5.74, 6) is -0.518. The van der Waals surface area contributed by atoms with Crippen LogP contribution < -0.4 is 4.72 Å². The number of nitro groups is 1. The monoisotopic (exact) mass is 297 g/mol. The molecular formula is C12H15N3O4S. The van der Waals surface area contributed by atoms with Gasteiger partial charge in [-0.05, 0) is 38.0 Å². The Balaban J connectivity index is 3.27. The number of nitriles is 1. The van der Waals surface area contributed by atoms with E-state index in [1.54, 1.807) is 20.8 Å². The number of hydrogen-bond acceptors (Lipinski definition) is 5. The fourth-order valence-corrected chi connectivity index (χ4v) is 2.86. The highest BCUT2D eigenvalue weighted by Crippen LogP contribution is 2.27. The largest absolute Gasteiger partial charge is 0.289 e. The first-order valence-corrected chi connectivity index (χ1v) is 7.32. The third kappa shape index (κ3) is 3.53. The highest BCUT2D eigenvalue weighted by Gasteiger charge is 2.26. The Kier molecular flexibility index (Phi) is 4.81. The number of benzene rings is 1. The van der Waals surface area contributed by atoms with Crippen molar-refractivity contribution < 1.29 is 13.3 Å². The molecule has 1 aromatic rings. The van der Waals surface area contributed by atoms with E-state index >= 15 is 0 Å². The van der Waals surface area contributed by atoms with Crippen molar-refractivity contribution in [1.82, 2.24) is 4.72 Å². The van der Waals surface area contributed by atoms with Gasteiger partial charge in [0, 0.05) is 12.6 Å². The maximum Gasteiger partial charge on any atom is 0.289 e. The van der Waals surface area contributed by atoms with Gasteiger partial charge in [0.05, 0.1) is 16.9 Å². The average molecular weight is 297 g/mol. The fraction of sp³-hybridized carbons (Fsp3) is 0.417. The molecule has 1 atom stereocenters. The standard InChI is InChI=1S/C12H15N3O4S/c1-8(6-13)7-14-20(18,19)12-5-10(3)9(2)4-11(12)15(16)17/h4-5,8,14H,7H2,1-3H3. The molecule has 0 spiro atoms. The predicted octanol–water partition coefficient (Wildman–Crippen LogP) is 1.65. The minimum absolute atomic E-state index is 0.0943. The molecule has 0 aliphatic rings. The van der Waals surface area contributed by atoms with Crippen LogP contribution in [-0.2, 0) is 10.0 Å². The zero-order chi connectivity index (χ0) is 15.5. The lowest BCUT2D eigenvalue weighted by atomic mass is 10.1. The van der Waals surface area contributed by atoms with Crippen molar-refractivity contribution in [3.05, 3.63) is 33.4 Å². The average Bonchev–Trinajstić information content (AvgIpc) is 2.38. The normalized spacial score (nSPS) is 12.7. The Morgan fingerprint density at radius 3 is 2.45 bits per heavy atom. The van der Waals surface area contributed by atoms with E-state index in [1.165, 1.54) is 12.1 Å². The van der Waals surface area contributed by atoms with Crippen LogP contribution in [0.2, 0.25) is 0 Å². The van der Waals surface area contributed by atoms with Crippen molar-refractivity contribution in [2.75, 3.05) is 6.54 Å². The number of aryl methyl sites for hydroxylation is 2. The number of nitrogens with one attached hydrogen (secondary N) is 1. The second kappa shape index (κ2) is 5.98. The van der Waals surface area contributed by atoms with Gasteiger partial charge in [-0.1, -0.05) is 0 Å². The molecule has 0 bridgehead atoms. The first-order chi connectivity index (χ1) is 9.19. The molecule has 0 heterocycles. The molecule has 0 aliphatic carbocycles. The lowest BCUT2D eigenvalue weighted by Gasteiger charge is -2.10. The highest BCUT2D eigenvalue weighted by atomic mass is 32.2. The van der Waals surface area contributed by atoms with Crippen molar-refractivity contribution in [3.8, 4) is 6.07 Å². The van der Waals surface area contributed by atoms with E-state index in [2.05, 4.69) is 4.72 Å². The molecule has 0 saturated heterocycles. The Morgan fingerprint density at radius 1 is 1.40 bits per heavy atom. The van der Waals surface area contributed by atoms with Crippen LogP contribution in [0, 0.1) is 41.2 Å². The second-order valence-corrected chi connectivity index (χ2v) is 6.28. The molecule has 1 unspecified atom stereocenters. The molecule has 0 fully saturated rings. The van der Waals surface area contributed by atoms with E-state index in [-0.39, 0.29) is 11.4 Å². The number of nitrogens with zero attached hydrogens (tertiary/aromatic N) is 2. The summed E-state index contributed by atoms with van der Waals surface area (Å²) < 4.78 is 26.4. The van der Waals surface area contributed by atoms with Crippen LogP contribution in [0.4, 0.5) is 5.69 Å². The summed E-state index contributed by atoms with van der Waals surface area (Å²) in [5.41, 5.74) is 0.815. The van der Waals surface area contributed by atoms with Gasteiger partial charge >= 0.3 is 0 Å². The Labute approximate surface area is 117 Å². The number of rotatable bonds is 5. The molecule has 108 valence electrons. The zero-order valence-electron chi connectivity index (χ0n) is 11.4. The Bertz CT molecular complexity index is 677. The van der Waals surface area contributed by atoms with Gasteiger partial charge in [0.1, 0.15) is 0 Å². The number of hydrogen-bond donors (Lipinski definition) is 1. The van der Waals surface area contributed by atoms with Gasteiger partial charge < -0.3 is 0 Å². The van der Waals surface area contributed by atoms with Gasteiger partial charge in [-0.15, -0.1) is 0 Å². The van der Waals surface area contributed by atoms with Crippen molar-refractivity contribution in [2.45, 2.75) is 25.7 Å². The van der Waals surface area contributed by atoms with Crippen LogP contribution in [-0.4, -0.2) is 19.9 Å². The van der Waals surface area contributed by atoms with Crippen LogP contribution in [0.5, 0.6) is 0 Å². The van der Waals surface area contributed by atoms with Crippen molar-refractivity contribution in [2.24, 2.45) is 5.92 Å². The lowest BCUT2D eigenvalue weighted by Crippen LogP contribution is -2.28. The molecule has 1 aromatic carbocycles. The molecule has 7 nitrogen and oxygen atoms in total. The second-order valence-electron chi connectivity index (χ2n) is 4.54. The quantitative estimate of drug-likeness (QED) is 0.655. The SMILES string of the molecule is Cc1cc([N+](=O)[O-])c(S(=O)(=O)NCC(C)C#N)cc1C. The van der Waals surface area contributed by atoms with Crippen LogP contribution in [0.3, 0.4) is 0 Å². The maximum absolute atomic E-state index is 12.1. The number of sulfonamides is 1. The molecule has 0 radical (unpaired) electrons. The molecule has 0 aliphatic heterocycles. The Hall–Kier alpha value is -1.98. The fourth-order valence-electron chi connectivity index (χ4n) is 1.49. The third-order valence-electron chi connectivity index (χ3n) is 2.86. The van der Waals surface area contributed by atoms with Gasteiger partial charge in [0.25, 0.3) is 5.69 Å². The van der Waals surface area contributed by atoms with Crippen LogP contribution in [0.15, 0.2) is 17.0 Å². The minimum atomic E-state index is -4.02. The van der Waals surface area contributed by atoms with Gasteiger partial charge in [-0.2, -0.15) is 5.26 Å². The topological polar surface area (TPSA) is 113 Å². The van der Waals surface area contributed by atoms with Crippen molar-refractivity contribution >= 4 is 15.7 Å². The van der Waals surface area contributed by atoms with Gasteiger partial charge in [-0.3, -0.25) is 10.1 Å². The first-order valence-electron chi connectivity index (χ1n) is 5.84. The third-order valence-corrected chi connectivity index (χ3v) is 4.31. The molecule has 1 N–H and O–H groups in total. The lowest BCUT2D eigenvalue weighted by molar-refractivity contribution is -0.387. The minimum Gasteiger partial charge on any atom is -0.258 e. The molecule has 8 heteroatoms. The summed E-state index contributed by atoms with van der Waals surface area (Å²) in [6.07, 6.45) is 0. The molecule has 1 rings (SSSR count). The van der Waals surface area contributed by atoms with E-state index in [9.17, 15) is 18.5 Å². The van der Waals surface area contributed by atoms with E-state index in [1.807, 2.05) is 6.07 Å².